The van der Waals surface area contributed by atoms with Crippen molar-refractivity contribution in [2.24, 2.45) is 40.9 Å². The molecule has 4 aliphatic carbocycles. The van der Waals surface area contributed by atoms with Crippen LogP contribution in [0.25, 0.3) is 0 Å². The molecule has 0 aromatic rings. The van der Waals surface area contributed by atoms with E-state index in [0.717, 1.165) is 35.5 Å². The van der Waals surface area contributed by atoms with Gasteiger partial charge in [0.15, 0.2) is 0 Å². The summed E-state index contributed by atoms with van der Waals surface area (Å²) in [6.45, 7) is 5.23. The Morgan fingerprint density at radius 2 is 1.48 bits per heavy atom. The van der Waals surface area contributed by atoms with Gasteiger partial charge in [-0.05, 0) is 79.4 Å². The van der Waals surface area contributed by atoms with Gasteiger partial charge in [-0.3, -0.25) is 0 Å². The van der Waals surface area contributed by atoms with E-state index >= 15 is 0 Å². The molecule has 0 aliphatic heterocycles. The van der Waals surface area contributed by atoms with Crippen molar-refractivity contribution >= 4 is 25.3 Å². The van der Waals surface area contributed by atoms with Crippen LogP contribution in [0.1, 0.15) is 104 Å². The maximum atomic E-state index is 5.32. The third kappa shape index (κ3) is 3.77. The lowest BCUT2D eigenvalue weighted by molar-refractivity contribution is -0.200. The maximum Gasteiger partial charge on any atom is 0.00508 e. The minimum absolute atomic E-state index is 0.622. The summed E-state index contributed by atoms with van der Waals surface area (Å²) < 4.78 is 0. The maximum absolute atomic E-state index is 5.32. The fourth-order valence-electron chi connectivity index (χ4n) is 8.71. The van der Waals surface area contributed by atoms with Gasteiger partial charge in [-0.15, -0.1) is 0 Å². The average molecular weight is 409 g/mol. The first kappa shape index (κ1) is 21.0. The molecule has 4 saturated carbocycles. The number of thiol groups is 2. The molecule has 0 heterocycles. The van der Waals surface area contributed by atoms with Crippen molar-refractivity contribution in [3.8, 4) is 0 Å². The summed E-state index contributed by atoms with van der Waals surface area (Å²) in [5.41, 5.74) is 0.622. The summed E-state index contributed by atoms with van der Waals surface area (Å²) in [4.78, 5) is 0. The highest BCUT2D eigenvalue weighted by molar-refractivity contribution is 7.81. The van der Waals surface area contributed by atoms with Crippen LogP contribution in [0.2, 0.25) is 0 Å². The van der Waals surface area contributed by atoms with Crippen LogP contribution in [0.4, 0.5) is 0 Å². The third-order valence-corrected chi connectivity index (χ3v) is 10.9. The molecule has 156 valence electrons. The Kier molecular flexibility index (Phi) is 6.85. The summed E-state index contributed by atoms with van der Waals surface area (Å²) >= 11 is 10.3. The summed E-state index contributed by atoms with van der Waals surface area (Å²) in [6.07, 6.45) is 20.3. The van der Waals surface area contributed by atoms with Gasteiger partial charge in [0, 0.05) is 10.5 Å². The van der Waals surface area contributed by atoms with Crippen LogP contribution < -0.4 is 0 Å². The molecule has 0 bridgehead atoms. The molecule has 4 rings (SSSR count). The first-order valence-corrected chi connectivity index (χ1v) is 13.4. The van der Waals surface area contributed by atoms with Crippen LogP contribution in [0, 0.1) is 40.9 Å². The van der Waals surface area contributed by atoms with E-state index in [2.05, 4.69) is 13.8 Å². The van der Waals surface area contributed by atoms with E-state index in [0.29, 0.717) is 15.9 Å². The van der Waals surface area contributed by atoms with E-state index in [9.17, 15) is 0 Å². The summed E-state index contributed by atoms with van der Waals surface area (Å²) in [5, 5.41) is 1.29. The zero-order valence-corrected chi connectivity index (χ0v) is 19.7. The Morgan fingerprint density at radius 1 is 0.815 bits per heavy atom. The lowest BCUT2D eigenvalue weighted by Gasteiger charge is -2.69. The van der Waals surface area contributed by atoms with Gasteiger partial charge in [0.2, 0.25) is 0 Å². The van der Waals surface area contributed by atoms with Crippen molar-refractivity contribution in [3.05, 3.63) is 0 Å². The Labute approximate surface area is 180 Å². The van der Waals surface area contributed by atoms with Crippen molar-refractivity contribution in [2.75, 3.05) is 0 Å². The molecule has 27 heavy (non-hydrogen) atoms. The molecule has 4 aliphatic rings. The second kappa shape index (κ2) is 8.83. The van der Waals surface area contributed by atoms with Crippen LogP contribution >= 0.6 is 25.3 Å². The SMILES string of the molecule is CC1CCCCCC2C(C(S)CCC3CCCC3)C3CCC(S)CC(C)C123. The van der Waals surface area contributed by atoms with Gasteiger partial charge >= 0.3 is 0 Å². The Morgan fingerprint density at radius 3 is 2.26 bits per heavy atom. The van der Waals surface area contributed by atoms with Gasteiger partial charge in [-0.1, -0.05) is 65.2 Å². The first-order chi connectivity index (χ1) is 13.0. The first-order valence-electron chi connectivity index (χ1n) is 12.4. The Balaban J connectivity index is 1.54. The van der Waals surface area contributed by atoms with Gasteiger partial charge < -0.3 is 0 Å². The summed E-state index contributed by atoms with van der Waals surface area (Å²) in [7, 11) is 0. The standard InChI is InChI=1S/C25H44S2/c1-17-8-4-3-5-11-21-24(23(27)15-12-19-9-6-7-10-19)22-14-13-20(26)16-18(2)25(17,21)22/h17-24,26-27H,3-16H2,1-2H3. The highest BCUT2D eigenvalue weighted by Crippen LogP contribution is 2.71. The van der Waals surface area contributed by atoms with Crippen LogP contribution in [-0.4, -0.2) is 10.5 Å². The normalized spacial score (nSPS) is 47.1. The molecule has 0 nitrogen and oxygen atoms in total. The van der Waals surface area contributed by atoms with E-state index in [1.54, 1.807) is 0 Å². The molecule has 8 unspecified atom stereocenters. The molecule has 1 spiro atoms. The topological polar surface area (TPSA) is 0 Å². The van der Waals surface area contributed by atoms with Gasteiger partial charge in [0.05, 0.1) is 0 Å². The highest BCUT2D eigenvalue weighted by atomic mass is 32.1. The second-order valence-electron chi connectivity index (χ2n) is 11.0. The van der Waals surface area contributed by atoms with Crippen LogP contribution in [0.5, 0.6) is 0 Å². The Hall–Kier alpha value is 0.700. The quantitative estimate of drug-likeness (QED) is 0.435. The van der Waals surface area contributed by atoms with Crippen LogP contribution in [-0.2, 0) is 0 Å². The van der Waals surface area contributed by atoms with Crippen molar-refractivity contribution in [1.82, 2.24) is 0 Å². The molecule has 4 fully saturated rings. The van der Waals surface area contributed by atoms with Crippen molar-refractivity contribution in [2.45, 2.75) is 114 Å². The molecular formula is C25H44S2. The molecule has 8 atom stereocenters. The number of hydrogen-bond acceptors (Lipinski definition) is 2. The Bertz CT molecular complexity index is 477. The predicted octanol–water partition coefficient (Wildman–Crippen LogP) is 7.82. The third-order valence-electron chi connectivity index (χ3n) is 9.80. The fraction of sp³-hybridized carbons (Fsp3) is 1.00. The lowest BCUT2D eigenvalue weighted by atomic mass is 9.36. The van der Waals surface area contributed by atoms with Gasteiger partial charge in [-0.25, -0.2) is 0 Å². The van der Waals surface area contributed by atoms with Crippen LogP contribution in [0.3, 0.4) is 0 Å². The predicted molar refractivity (Wildman–Crippen MR) is 125 cm³/mol. The second-order valence-corrected chi connectivity index (χ2v) is 12.4. The monoisotopic (exact) mass is 408 g/mol. The van der Waals surface area contributed by atoms with Crippen LogP contribution in [0.15, 0.2) is 0 Å². The minimum atomic E-state index is 0.622. The van der Waals surface area contributed by atoms with E-state index in [1.807, 2.05) is 0 Å². The largest absolute Gasteiger partial charge is 0.176 e. The molecule has 0 saturated heterocycles. The average Bonchev–Trinajstić information content (AvgIpc) is 3.09. The summed E-state index contributed by atoms with van der Waals surface area (Å²) in [6, 6.07) is 0. The van der Waals surface area contributed by atoms with Crippen molar-refractivity contribution < 1.29 is 0 Å². The molecule has 0 amide bonds. The number of rotatable bonds is 4. The molecule has 0 aromatic carbocycles. The summed E-state index contributed by atoms with van der Waals surface area (Å²) in [5.74, 6) is 5.59. The molecular weight excluding hydrogens is 364 g/mol. The van der Waals surface area contributed by atoms with Gasteiger partial charge in [0.25, 0.3) is 0 Å². The van der Waals surface area contributed by atoms with Crippen molar-refractivity contribution in [1.29, 1.82) is 0 Å². The van der Waals surface area contributed by atoms with E-state index in [4.69, 9.17) is 25.3 Å². The molecule has 2 heteroatoms. The van der Waals surface area contributed by atoms with Crippen molar-refractivity contribution in [3.63, 3.8) is 0 Å². The lowest BCUT2D eigenvalue weighted by Crippen LogP contribution is -2.65. The van der Waals surface area contributed by atoms with E-state index in [1.165, 1.54) is 89.9 Å². The van der Waals surface area contributed by atoms with E-state index < -0.39 is 0 Å². The number of hydrogen-bond donors (Lipinski definition) is 2. The molecule has 0 N–H and O–H groups in total. The van der Waals surface area contributed by atoms with Gasteiger partial charge in [-0.2, -0.15) is 25.3 Å². The molecule has 0 aromatic heterocycles. The van der Waals surface area contributed by atoms with Gasteiger partial charge in [0.1, 0.15) is 0 Å². The van der Waals surface area contributed by atoms with E-state index in [-0.39, 0.29) is 0 Å². The molecule has 0 radical (unpaired) electrons. The zero-order valence-electron chi connectivity index (χ0n) is 17.9. The smallest absolute Gasteiger partial charge is 0.00508 e. The fourth-order valence-corrected chi connectivity index (χ4v) is 9.74. The zero-order chi connectivity index (χ0) is 19.0. The minimum Gasteiger partial charge on any atom is -0.176 e. The highest BCUT2D eigenvalue weighted by Gasteiger charge is 2.66.